The van der Waals surface area contributed by atoms with Gasteiger partial charge in [-0.3, -0.25) is 4.79 Å². The van der Waals surface area contributed by atoms with Crippen molar-refractivity contribution < 1.29 is 14.6 Å². The van der Waals surface area contributed by atoms with E-state index in [4.69, 9.17) is 9.84 Å². The molecule has 0 amide bonds. The molecule has 1 rings (SSSR count). The first-order chi connectivity index (χ1) is 7.13. The van der Waals surface area contributed by atoms with E-state index in [0.717, 1.165) is 11.8 Å². The van der Waals surface area contributed by atoms with Crippen molar-refractivity contribution in [1.29, 1.82) is 0 Å². The normalized spacial score (nSPS) is 12.2. The van der Waals surface area contributed by atoms with Crippen molar-refractivity contribution in [3.05, 3.63) is 29.3 Å². The van der Waals surface area contributed by atoms with Gasteiger partial charge in [-0.2, -0.15) is 0 Å². The van der Waals surface area contributed by atoms with Crippen LogP contribution < -0.4 is 4.74 Å². The zero-order chi connectivity index (χ0) is 11.3. The van der Waals surface area contributed by atoms with Gasteiger partial charge in [0.05, 0.1) is 18.3 Å². The van der Waals surface area contributed by atoms with Crippen molar-refractivity contribution in [2.75, 3.05) is 6.61 Å². The first kappa shape index (κ1) is 11.7. The molecule has 0 aromatic heterocycles. The van der Waals surface area contributed by atoms with Crippen LogP contribution in [-0.2, 0) is 0 Å². The van der Waals surface area contributed by atoms with E-state index in [0.29, 0.717) is 24.3 Å². The maximum atomic E-state index is 10.7. The minimum Gasteiger partial charge on any atom is -0.493 e. The van der Waals surface area contributed by atoms with Gasteiger partial charge in [-0.25, -0.2) is 0 Å². The van der Waals surface area contributed by atoms with Gasteiger partial charge in [-0.1, -0.05) is 11.6 Å². The van der Waals surface area contributed by atoms with E-state index in [1.165, 1.54) is 0 Å². The Labute approximate surface area is 89.7 Å². The third-order valence-corrected chi connectivity index (χ3v) is 2.09. The Balaban J connectivity index is 2.64. The predicted octanol–water partition coefficient (Wildman–Crippen LogP) is 1.96. The van der Waals surface area contributed by atoms with Gasteiger partial charge in [0, 0.05) is 6.42 Å². The number of aliphatic hydroxyl groups excluding tert-OH is 1. The largest absolute Gasteiger partial charge is 0.493 e. The Bertz CT molecular complexity index is 332. The van der Waals surface area contributed by atoms with Gasteiger partial charge in [-0.05, 0) is 26.0 Å². The number of carbonyl (C=O) groups is 1. The van der Waals surface area contributed by atoms with Crippen LogP contribution in [0, 0.1) is 6.92 Å². The molecule has 0 spiro atoms. The Morgan fingerprint density at radius 1 is 1.53 bits per heavy atom. The molecule has 0 fully saturated rings. The van der Waals surface area contributed by atoms with E-state index in [1.54, 1.807) is 19.1 Å². The smallest absolute Gasteiger partial charge is 0.153 e. The summed E-state index contributed by atoms with van der Waals surface area (Å²) in [5, 5.41) is 9.05. The topological polar surface area (TPSA) is 46.5 Å². The van der Waals surface area contributed by atoms with Crippen LogP contribution in [0.15, 0.2) is 18.2 Å². The summed E-state index contributed by atoms with van der Waals surface area (Å²) in [6.07, 6.45) is 0.965. The molecule has 3 nitrogen and oxygen atoms in total. The van der Waals surface area contributed by atoms with Gasteiger partial charge < -0.3 is 9.84 Å². The zero-order valence-electron chi connectivity index (χ0n) is 9.06. The summed E-state index contributed by atoms with van der Waals surface area (Å²) in [7, 11) is 0. The monoisotopic (exact) mass is 208 g/mol. The molecule has 0 bridgehead atoms. The van der Waals surface area contributed by atoms with Crippen LogP contribution in [0.25, 0.3) is 0 Å². The van der Waals surface area contributed by atoms with Crippen molar-refractivity contribution in [2.45, 2.75) is 26.4 Å². The quantitative estimate of drug-likeness (QED) is 0.752. The Kier molecular flexibility index (Phi) is 4.31. The molecule has 1 unspecified atom stereocenters. The summed E-state index contributed by atoms with van der Waals surface area (Å²) in [6, 6.07) is 5.45. The number of benzene rings is 1. The van der Waals surface area contributed by atoms with Gasteiger partial charge in [0.15, 0.2) is 6.29 Å². The van der Waals surface area contributed by atoms with Gasteiger partial charge in [0.25, 0.3) is 0 Å². The third kappa shape index (κ3) is 3.72. The van der Waals surface area contributed by atoms with Crippen molar-refractivity contribution in [1.82, 2.24) is 0 Å². The number of ether oxygens (including phenoxy) is 1. The van der Waals surface area contributed by atoms with E-state index in [9.17, 15) is 4.79 Å². The summed E-state index contributed by atoms with van der Waals surface area (Å²) in [4.78, 5) is 10.7. The number of hydrogen-bond donors (Lipinski definition) is 1. The molecule has 0 saturated carbocycles. The first-order valence-corrected chi connectivity index (χ1v) is 5.00. The Morgan fingerprint density at radius 3 is 2.87 bits per heavy atom. The molecule has 15 heavy (non-hydrogen) atoms. The van der Waals surface area contributed by atoms with E-state index >= 15 is 0 Å². The van der Waals surface area contributed by atoms with Crippen molar-refractivity contribution in [3.8, 4) is 5.75 Å². The second kappa shape index (κ2) is 5.51. The molecule has 0 aliphatic carbocycles. The molecular formula is C12H16O3. The minimum absolute atomic E-state index is 0.380. The molecule has 0 heterocycles. The molecule has 3 heteroatoms. The molecule has 0 radical (unpaired) electrons. The maximum Gasteiger partial charge on any atom is 0.153 e. The number of carbonyl (C=O) groups excluding carboxylic acids is 1. The molecule has 1 aromatic carbocycles. The van der Waals surface area contributed by atoms with Crippen LogP contribution in [0.5, 0.6) is 5.75 Å². The number of aldehydes is 1. The van der Waals surface area contributed by atoms with Gasteiger partial charge >= 0.3 is 0 Å². The SMILES string of the molecule is Cc1ccc(OCCC(C)O)c(C=O)c1. The van der Waals surface area contributed by atoms with Gasteiger partial charge in [-0.15, -0.1) is 0 Å². The average molecular weight is 208 g/mol. The fraction of sp³-hybridized carbons (Fsp3) is 0.417. The molecule has 0 aliphatic heterocycles. The van der Waals surface area contributed by atoms with Crippen LogP contribution in [0.3, 0.4) is 0 Å². The fourth-order valence-corrected chi connectivity index (χ4v) is 1.23. The lowest BCUT2D eigenvalue weighted by Crippen LogP contribution is -2.08. The first-order valence-electron chi connectivity index (χ1n) is 5.00. The zero-order valence-corrected chi connectivity index (χ0v) is 9.06. The second-order valence-electron chi connectivity index (χ2n) is 3.65. The highest BCUT2D eigenvalue weighted by molar-refractivity contribution is 5.79. The molecule has 1 atom stereocenters. The molecule has 1 N–H and O–H groups in total. The van der Waals surface area contributed by atoms with E-state index in [1.807, 2.05) is 13.0 Å². The Hall–Kier alpha value is -1.35. The summed E-state index contributed by atoms with van der Waals surface area (Å²) in [5.74, 6) is 0.580. The highest BCUT2D eigenvalue weighted by atomic mass is 16.5. The summed E-state index contributed by atoms with van der Waals surface area (Å²) >= 11 is 0. The maximum absolute atomic E-state index is 10.7. The number of hydrogen-bond acceptors (Lipinski definition) is 3. The Morgan fingerprint density at radius 2 is 2.27 bits per heavy atom. The van der Waals surface area contributed by atoms with Crippen LogP contribution in [0.4, 0.5) is 0 Å². The summed E-state index contributed by atoms with van der Waals surface area (Å²) in [6.45, 7) is 4.05. The van der Waals surface area contributed by atoms with E-state index < -0.39 is 0 Å². The van der Waals surface area contributed by atoms with Crippen LogP contribution in [-0.4, -0.2) is 24.1 Å². The van der Waals surface area contributed by atoms with Crippen molar-refractivity contribution in [2.24, 2.45) is 0 Å². The third-order valence-electron chi connectivity index (χ3n) is 2.09. The lowest BCUT2D eigenvalue weighted by Gasteiger charge is -2.09. The molecule has 1 aromatic rings. The minimum atomic E-state index is -0.380. The highest BCUT2D eigenvalue weighted by Crippen LogP contribution is 2.18. The predicted molar refractivity (Wildman–Crippen MR) is 58.4 cm³/mol. The second-order valence-corrected chi connectivity index (χ2v) is 3.65. The van der Waals surface area contributed by atoms with Crippen molar-refractivity contribution >= 4 is 6.29 Å². The average Bonchev–Trinajstić information content (AvgIpc) is 2.19. The standard InChI is InChI=1S/C12H16O3/c1-9-3-4-12(11(7-9)8-13)15-6-5-10(2)14/h3-4,7-8,10,14H,5-6H2,1-2H3. The van der Waals surface area contributed by atoms with Gasteiger partial charge in [0.2, 0.25) is 0 Å². The molecule has 0 aliphatic rings. The van der Waals surface area contributed by atoms with Crippen LogP contribution in [0.1, 0.15) is 29.3 Å². The van der Waals surface area contributed by atoms with Crippen LogP contribution in [0.2, 0.25) is 0 Å². The molecule has 0 saturated heterocycles. The lowest BCUT2D eigenvalue weighted by atomic mass is 10.1. The summed E-state index contributed by atoms with van der Waals surface area (Å²) < 4.78 is 5.40. The van der Waals surface area contributed by atoms with E-state index in [2.05, 4.69) is 0 Å². The van der Waals surface area contributed by atoms with Crippen LogP contribution >= 0.6 is 0 Å². The molecular weight excluding hydrogens is 192 g/mol. The lowest BCUT2D eigenvalue weighted by molar-refractivity contribution is 0.111. The fourth-order valence-electron chi connectivity index (χ4n) is 1.23. The molecule has 82 valence electrons. The van der Waals surface area contributed by atoms with E-state index in [-0.39, 0.29) is 6.10 Å². The highest BCUT2D eigenvalue weighted by Gasteiger charge is 2.03. The summed E-state index contributed by atoms with van der Waals surface area (Å²) in [5.41, 5.74) is 1.58. The van der Waals surface area contributed by atoms with Crippen molar-refractivity contribution in [3.63, 3.8) is 0 Å². The number of rotatable bonds is 5. The number of aryl methyl sites for hydroxylation is 1. The number of aliphatic hydroxyl groups is 1. The van der Waals surface area contributed by atoms with Gasteiger partial charge in [0.1, 0.15) is 5.75 Å².